The van der Waals surface area contributed by atoms with Crippen molar-refractivity contribution in [3.63, 3.8) is 0 Å². The lowest BCUT2D eigenvalue weighted by atomic mass is 10.2. The number of anilines is 1. The fraction of sp³-hybridized carbons (Fsp3) is 0.286. The summed E-state index contributed by atoms with van der Waals surface area (Å²) >= 11 is 0. The van der Waals surface area contributed by atoms with Crippen LogP contribution in [0.4, 0.5) is 15.3 Å². The van der Waals surface area contributed by atoms with Crippen molar-refractivity contribution in [2.45, 2.75) is 26.4 Å². The van der Waals surface area contributed by atoms with E-state index in [4.69, 9.17) is 9.84 Å². The number of fused-ring (bicyclic) bond motifs is 1. The smallest absolute Gasteiger partial charge is 0.416 e. The number of benzene rings is 1. The van der Waals surface area contributed by atoms with E-state index in [1.54, 1.807) is 45.0 Å². The molecule has 0 aliphatic carbocycles. The second-order valence-electron chi connectivity index (χ2n) is 5.34. The SMILES string of the molecule is CC(C)(C)OC(=O)Nc1cn(C(=O)O)c2ccccc12. The van der Waals surface area contributed by atoms with Crippen LogP contribution in [-0.4, -0.2) is 27.5 Å². The molecular formula is C14H16N2O4. The van der Waals surface area contributed by atoms with Gasteiger partial charge in [0, 0.05) is 11.6 Å². The molecule has 0 aliphatic rings. The molecule has 0 bridgehead atoms. The van der Waals surface area contributed by atoms with Gasteiger partial charge in [-0.15, -0.1) is 0 Å². The molecule has 0 aliphatic heterocycles. The van der Waals surface area contributed by atoms with E-state index in [1.165, 1.54) is 6.20 Å². The minimum absolute atomic E-state index is 0.400. The summed E-state index contributed by atoms with van der Waals surface area (Å²) < 4.78 is 6.21. The van der Waals surface area contributed by atoms with E-state index in [-0.39, 0.29) is 0 Å². The predicted molar refractivity (Wildman–Crippen MR) is 75.2 cm³/mol. The molecule has 6 nitrogen and oxygen atoms in total. The third-order valence-electron chi connectivity index (χ3n) is 2.55. The second-order valence-corrected chi connectivity index (χ2v) is 5.34. The maximum atomic E-state index is 11.8. The van der Waals surface area contributed by atoms with Gasteiger partial charge in [0.2, 0.25) is 0 Å². The summed E-state index contributed by atoms with van der Waals surface area (Å²) in [6.45, 7) is 5.27. The maximum absolute atomic E-state index is 11.8. The van der Waals surface area contributed by atoms with Crippen molar-refractivity contribution in [1.82, 2.24) is 4.57 Å². The summed E-state index contributed by atoms with van der Waals surface area (Å²) in [5.41, 5.74) is 0.290. The Balaban J connectivity index is 2.36. The van der Waals surface area contributed by atoms with Gasteiger partial charge >= 0.3 is 12.2 Å². The summed E-state index contributed by atoms with van der Waals surface area (Å²) in [5, 5.41) is 12.3. The third kappa shape index (κ3) is 2.90. The van der Waals surface area contributed by atoms with Crippen LogP contribution in [0, 0.1) is 0 Å². The summed E-state index contributed by atoms with van der Waals surface area (Å²) in [5.74, 6) is 0. The van der Waals surface area contributed by atoms with Gasteiger partial charge < -0.3 is 9.84 Å². The second kappa shape index (κ2) is 4.88. The highest BCUT2D eigenvalue weighted by Gasteiger charge is 2.19. The number of aromatic nitrogens is 1. The van der Waals surface area contributed by atoms with E-state index in [0.29, 0.717) is 16.6 Å². The van der Waals surface area contributed by atoms with Crippen LogP contribution in [0.5, 0.6) is 0 Å². The lowest BCUT2D eigenvalue weighted by Gasteiger charge is -2.19. The van der Waals surface area contributed by atoms with Gasteiger partial charge in [-0.25, -0.2) is 9.59 Å². The first-order chi connectivity index (χ1) is 9.28. The molecular weight excluding hydrogens is 260 g/mol. The van der Waals surface area contributed by atoms with Crippen molar-refractivity contribution < 1.29 is 19.4 Å². The first-order valence-electron chi connectivity index (χ1n) is 6.11. The van der Waals surface area contributed by atoms with Crippen LogP contribution >= 0.6 is 0 Å². The van der Waals surface area contributed by atoms with Gasteiger partial charge in [0.25, 0.3) is 0 Å². The molecule has 0 saturated carbocycles. The molecule has 1 aromatic heterocycles. The predicted octanol–water partition coefficient (Wildman–Crippen LogP) is 3.51. The number of carboxylic acid groups (broad SMARTS) is 1. The highest BCUT2D eigenvalue weighted by molar-refractivity contribution is 6.02. The van der Waals surface area contributed by atoms with Crippen molar-refractivity contribution in [3.05, 3.63) is 30.5 Å². The van der Waals surface area contributed by atoms with Crippen molar-refractivity contribution in [2.75, 3.05) is 5.32 Å². The van der Waals surface area contributed by atoms with E-state index in [2.05, 4.69) is 5.32 Å². The molecule has 0 spiro atoms. The number of nitrogens with zero attached hydrogens (tertiary/aromatic N) is 1. The van der Waals surface area contributed by atoms with Gasteiger partial charge in [-0.1, -0.05) is 18.2 Å². The fourth-order valence-electron chi connectivity index (χ4n) is 1.85. The lowest BCUT2D eigenvalue weighted by Crippen LogP contribution is -2.27. The Bertz CT molecular complexity index is 667. The monoisotopic (exact) mass is 276 g/mol. The number of hydrogen-bond acceptors (Lipinski definition) is 3. The third-order valence-corrected chi connectivity index (χ3v) is 2.55. The van der Waals surface area contributed by atoms with Crippen molar-refractivity contribution in [2.24, 2.45) is 0 Å². The minimum Gasteiger partial charge on any atom is -0.464 e. The molecule has 0 unspecified atom stereocenters. The van der Waals surface area contributed by atoms with Gasteiger partial charge in [-0.05, 0) is 26.8 Å². The highest BCUT2D eigenvalue weighted by Crippen LogP contribution is 2.26. The van der Waals surface area contributed by atoms with E-state index in [1.807, 2.05) is 0 Å². The topological polar surface area (TPSA) is 80.6 Å². The van der Waals surface area contributed by atoms with Crippen LogP contribution < -0.4 is 5.32 Å². The summed E-state index contributed by atoms with van der Waals surface area (Å²) in [7, 11) is 0. The molecule has 0 fully saturated rings. The average Bonchev–Trinajstić information content (AvgIpc) is 2.66. The Morgan fingerprint density at radius 1 is 1.25 bits per heavy atom. The van der Waals surface area contributed by atoms with Crippen LogP contribution in [-0.2, 0) is 4.74 Å². The molecule has 0 saturated heterocycles. The van der Waals surface area contributed by atoms with Crippen LogP contribution in [0.1, 0.15) is 20.8 Å². The molecule has 2 N–H and O–H groups in total. The molecule has 106 valence electrons. The first-order valence-corrected chi connectivity index (χ1v) is 6.11. The summed E-state index contributed by atoms with van der Waals surface area (Å²) in [4.78, 5) is 22.9. The quantitative estimate of drug-likeness (QED) is 0.835. The molecule has 1 heterocycles. The molecule has 2 aromatic rings. The van der Waals surface area contributed by atoms with E-state index in [0.717, 1.165) is 4.57 Å². The molecule has 20 heavy (non-hydrogen) atoms. The standard InChI is InChI=1S/C14H16N2O4/c1-14(2,3)20-12(17)15-10-8-16(13(18)19)11-7-5-4-6-9(10)11/h4-8H,1-3H3,(H,15,17)(H,18,19). The van der Waals surface area contributed by atoms with Crippen LogP contribution in [0.15, 0.2) is 30.5 Å². The summed E-state index contributed by atoms with van der Waals surface area (Å²) in [6.07, 6.45) is -0.374. The zero-order chi connectivity index (χ0) is 14.9. The molecule has 1 amide bonds. The van der Waals surface area contributed by atoms with Gasteiger partial charge in [0.1, 0.15) is 5.60 Å². The summed E-state index contributed by atoms with van der Waals surface area (Å²) in [6, 6.07) is 6.92. The van der Waals surface area contributed by atoms with Crippen molar-refractivity contribution in [1.29, 1.82) is 0 Å². The zero-order valence-electron chi connectivity index (χ0n) is 11.5. The number of carbonyl (C=O) groups excluding carboxylic acids is 1. The van der Waals surface area contributed by atoms with E-state index in [9.17, 15) is 9.59 Å². The molecule has 1 aromatic carbocycles. The molecule has 0 atom stereocenters. The maximum Gasteiger partial charge on any atom is 0.416 e. The minimum atomic E-state index is -1.11. The normalized spacial score (nSPS) is 11.3. The Morgan fingerprint density at radius 3 is 2.50 bits per heavy atom. The van der Waals surface area contributed by atoms with Crippen molar-refractivity contribution >= 4 is 28.8 Å². The Hall–Kier alpha value is -2.50. The van der Waals surface area contributed by atoms with Gasteiger partial charge in [0.05, 0.1) is 11.2 Å². The van der Waals surface area contributed by atoms with Gasteiger partial charge in [-0.3, -0.25) is 9.88 Å². The Morgan fingerprint density at radius 2 is 1.90 bits per heavy atom. The Labute approximate surface area is 116 Å². The number of rotatable bonds is 1. The number of nitrogens with one attached hydrogen (secondary N) is 1. The van der Waals surface area contributed by atoms with Gasteiger partial charge in [0.15, 0.2) is 0 Å². The van der Waals surface area contributed by atoms with E-state index < -0.39 is 17.8 Å². The van der Waals surface area contributed by atoms with E-state index >= 15 is 0 Å². The highest BCUT2D eigenvalue weighted by atomic mass is 16.6. The number of ether oxygens (including phenoxy) is 1. The lowest BCUT2D eigenvalue weighted by molar-refractivity contribution is 0.0636. The first kappa shape index (κ1) is 13.9. The number of carbonyl (C=O) groups is 2. The van der Waals surface area contributed by atoms with Crippen molar-refractivity contribution in [3.8, 4) is 0 Å². The van der Waals surface area contributed by atoms with Crippen LogP contribution in [0.2, 0.25) is 0 Å². The number of para-hydroxylation sites is 1. The number of amides is 1. The zero-order valence-corrected chi connectivity index (χ0v) is 11.5. The average molecular weight is 276 g/mol. The molecule has 2 rings (SSSR count). The Kier molecular flexibility index (Phi) is 3.40. The van der Waals surface area contributed by atoms with Crippen LogP contribution in [0.3, 0.4) is 0 Å². The molecule has 0 radical (unpaired) electrons. The molecule has 6 heteroatoms. The number of hydrogen-bond donors (Lipinski definition) is 2. The van der Waals surface area contributed by atoms with Crippen LogP contribution in [0.25, 0.3) is 10.9 Å². The largest absolute Gasteiger partial charge is 0.464 e. The fourth-order valence-corrected chi connectivity index (χ4v) is 1.85. The van der Waals surface area contributed by atoms with Gasteiger partial charge in [-0.2, -0.15) is 0 Å².